The minimum absolute atomic E-state index is 0.113. The molecule has 1 aliphatic carbocycles. The fourth-order valence-electron chi connectivity index (χ4n) is 3.56. The number of nitrogens with one attached hydrogen (secondary N) is 1. The number of amides is 1. The Bertz CT molecular complexity index is 531. The predicted molar refractivity (Wildman–Crippen MR) is 74.5 cm³/mol. The first-order valence-corrected chi connectivity index (χ1v) is 6.83. The Morgan fingerprint density at radius 2 is 2.05 bits per heavy atom. The Morgan fingerprint density at radius 1 is 1.37 bits per heavy atom. The summed E-state index contributed by atoms with van der Waals surface area (Å²) in [4.78, 5) is 12.5. The largest absolute Gasteiger partial charge is 0.495 e. The van der Waals surface area contributed by atoms with Gasteiger partial charge in [-0.2, -0.15) is 0 Å². The second-order valence-corrected chi connectivity index (χ2v) is 5.71. The van der Waals surface area contributed by atoms with Crippen molar-refractivity contribution in [1.29, 1.82) is 0 Å². The number of hydrogen-bond acceptors (Lipinski definition) is 3. The van der Waals surface area contributed by atoms with E-state index in [-0.39, 0.29) is 17.4 Å². The summed E-state index contributed by atoms with van der Waals surface area (Å²) in [6.45, 7) is 2.06. The van der Waals surface area contributed by atoms with E-state index in [1.54, 1.807) is 7.11 Å². The van der Waals surface area contributed by atoms with Gasteiger partial charge in [0.2, 0.25) is 5.91 Å². The van der Waals surface area contributed by atoms with E-state index < -0.39 is 0 Å². The Hall–Kier alpha value is -1.55. The van der Waals surface area contributed by atoms with E-state index in [0.29, 0.717) is 0 Å². The van der Waals surface area contributed by atoms with E-state index >= 15 is 0 Å². The summed E-state index contributed by atoms with van der Waals surface area (Å²) in [5.74, 6) is 0.864. The smallest absolute Gasteiger partial charge is 0.235 e. The number of nitrogens with two attached hydrogens (primary N) is 1. The number of carbonyl (C=O) groups is 1. The van der Waals surface area contributed by atoms with E-state index in [4.69, 9.17) is 10.5 Å². The third kappa shape index (κ3) is 1.66. The zero-order chi connectivity index (χ0) is 13.6. The molecule has 0 bridgehead atoms. The molecule has 1 fully saturated rings. The number of benzene rings is 1. The van der Waals surface area contributed by atoms with Crippen LogP contribution in [0.1, 0.15) is 36.8 Å². The van der Waals surface area contributed by atoms with Crippen LogP contribution in [-0.2, 0) is 10.2 Å². The van der Waals surface area contributed by atoms with Crippen molar-refractivity contribution in [3.63, 3.8) is 0 Å². The number of fused-ring (bicyclic) bond motifs is 2. The van der Waals surface area contributed by atoms with Crippen LogP contribution in [0.5, 0.6) is 5.75 Å². The van der Waals surface area contributed by atoms with Crippen LogP contribution >= 0.6 is 0 Å². The number of anilines is 1. The Balaban J connectivity index is 2.14. The third-order valence-corrected chi connectivity index (χ3v) is 4.63. The SMILES string of the molecule is COc1ccc(C)c2c1NC(=O)C21CCC(N)CC1. The Labute approximate surface area is 113 Å². The average Bonchev–Trinajstić information content (AvgIpc) is 2.68. The lowest BCUT2D eigenvalue weighted by Crippen LogP contribution is -2.42. The second kappa shape index (κ2) is 4.23. The molecular weight excluding hydrogens is 240 g/mol. The highest BCUT2D eigenvalue weighted by atomic mass is 16.5. The van der Waals surface area contributed by atoms with Crippen molar-refractivity contribution >= 4 is 11.6 Å². The zero-order valence-corrected chi connectivity index (χ0v) is 11.5. The minimum Gasteiger partial charge on any atom is -0.495 e. The summed E-state index contributed by atoms with van der Waals surface area (Å²) in [7, 11) is 1.64. The molecule has 1 aromatic carbocycles. The molecule has 3 rings (SSSR count). The van der Waals surface area contributed by atoms with Gasteiger partial charge in [-0.15, -0.1) is 0 Å². The molecule has 4 heteroatoms. The van der Waals surface area contributed by atoms with Crippen LogP contribution in [0.4, 0.5) is 5.69 Å². The van der Waals surface area contributed by atoms with Crippen molar-refractivity contribution in [3.05, 3.63) is 23.3 Å². The van der Waals surface area contributed by atoms with Gasteiger partial charge in [-0.05, 0) is 49.8 Å². The van der Waals surface area contributed by atoms with Crippen molar-refractivity contribution in [2.24, 2.45) is 5.73 Å². The fourth-order valence-corrected chi connectivity index (χ4v) is 3.56. The van der Waals surface area contributed by atoms with Gasteiger partial charge < -0.3 is 15.8 Å². The molecule has 3 N–H and O–H groups in total. The maximum Gasteiger partial charge on any atom is 0.235 e. The standard InChI is InChI=1S/C15H20N2O2/c1-9-3-4-11(19-2)13-12(9)15(14(18)17-13)7-5-10(16)6-8-15/h3-4,10H,5-8,16H2,1-2H3,(H,17,18). The van der Waals surface area contributed by atoms with Gasteiger partial charge >= 0.3 is 0 Å². The van der Waals surface area contributed by atoms with Crippen LogP contribution < -0.4 is 15.8 Å². The molecule has 1 aliphatic heterocycles. The number of rotatable bonds is 1. The molecule has 1 heterocycles. The molecule has 1 saturated carbocycles. The molecule has 0 radical (unpaired) electrons. The summed E-state index contributed by atoms with van der Waals surface area (Å²) < 4.78 is 5.38. The Morgan fingerprint density at radius 3 is 2.68 bits per heavy atom. The molecule has 0 atom stereocenters. The van der Waals surface area contributed by atoms with Gasteiger partial charge in [0.15, 0.2) is 0 Å². The first-order chi connectivity index (χ1) is 9.08. The van der Waals surface area contributed by atoms with Crippen molar-refractivity contribution < 1.29 is 9.53 Å². The molecule has 0 unspecified atom stereocenters. The fraction of sp³-hybridized carbons (Fsp3) is 0.533. The molecule has 0 saturated heterocycles. The predicted octanol–water partition coefficient (Wildman–Crippen LogP) is 2.09. The van der Waals surface area contributed by atoms with Crippen LogP contribution in [0.3, 0.4) is 0 Å². The highest BCUT2D eigenvalue weighted by Crippen LogP contribution is 2.51. The quantitative estimate of drug-likeness (QED) is 0.812. The van der Waals surface area contributed by atoms with E-state index in [0.717, 1.165) is 48.2 Å². The van der Waals surface area contributed by atoms with Gasteiger partial charge in [-0.25, -0.2) is 0 Å². The van der Waals surface area contributed by atoms with Crippen LogP contribution in [0, 0.1) is 6.92 Å². The van der Waals surface area contributed by atoms with Crippen molar-refractivity contribution in [1.82, 2.24) is 0 Å². The maximum atomic E-state index is 12.5. The van der Waals surface area contributed by atoms with Gasteiger partial charge in [0.25, 0.3) is 0 Å². The molecule has 2 aliphatic rings. The second-order valence-electron chi connectivity index (χ2n) is 5.71. The van der Waals surface area contributed by atoms with Gasteiger partial charge in [0.05, 0.1) is 18.2 Å². The average molecular weight is 260 g/mol. The molecule has 1 spiro atoms. The lowest BCUT2D eigenvalue weighted by atomic mass is 9.68. The maximum absolute atomic E-state index is 12.5. The molecule has 4 nitrogen and oxygen atoms in total. The summed E-state index contributed by atoms with van der Waals surface area (Å²) in [6.07, 6.45) is 3.48. The molecule has 1 amide bonds. The van der Waals surface area contributed by atoms with E-state index in [1.165, 1.54) is 0 Å². The van der Waals surface area contributed by atoms with Gasteiger partial charge in [0.1, 0.15) is 5.75 Å². The third-order valence-electron chi connectivity index (χ3n) is 4.63. The van der Waals surface area contributed by atoms with Gasteiger partial charge in [-0.3, -0.25) is 4.79 Å². The van der Waals surface area contributed by atoms with Gasteiger partial charge in [0, 0.05) is 6.04 Å². The summed E-state index contributed by atoms with van der Waals surface area (Å²) in [5, 5.41) is 3.03. The molecule has 0 aromatic heterocycles. The number of carbonyl (C=O) groups excluding carboxylic acids is 1. The van der Waals surface area contributed by atoms with Crippen LogP contribution in [0.2, 0.25) is 0 Å². The summed E-state index contributed by atoms with van der Waals surface area (Å²) in [5.41, 5.74) is 8.75. The lowest BCUT2D eigenvalue weighted by molar-refractivity contribution is -0.122. The summed E-state index contributed by atoms with van der Waals surface area (Å²) in [6, 6.07) is 4.18. The molecule has 1 aromatic rings. The first kappa shape index (κ1) is 12.5. The van der Waals surface area contributed by atoms with Crippen molar-refractivity contribution in [2.45, 2.75) is 44.1 Å². The van der Waals surface area contributed by atoms with E-state index in [9.17, 15) is 4.79 Å². The highest BCUT2D eigenvalue weighted by Gasteiger charge is 2.49. The lowest BCUT2D eigenvalue weighted by Gasteiger charge is -2.35. The molecular formula is C15H20N2O2. The topological polar surface area (TPSA) is 64.3 Å². The van der Waals surface area contributed by atoms with Crippen molar-refractivity contribution in [3.8, 4) is 5.75 Å². The van der Waals surface area contributed by atoms with Crippen LogP contribution in [0.25, 0.3) is 0 Å². The van der Waals surface area contributed by atoms with Crippen LogP contribution in [0.15, 0.2) is 12.1 Å². The minimum atomic E-state index is -0.385. The monoisotopic (exact) mass is 260 g/mol. The van der Waals surface area contributed by atoms with Crippen LogP contribution in [-0.4, -0.2) is 19.1 Å². The van der Waals surface area contributed by atoms with E-state index in [2.05, 4.69) is 12.2 Å². The van der Waals surface area contributed by atoms with E-state index in [1.807, 2.05) is 12.1 Å². The molecule has 102 valence electrons. The number of hydrogen-bond donors (Lipinski definition) is 2. The number of aryl methyl sites for hydroxylation is 1. The Kier molecular flexibility index (Phi) is 2.78. The summed E-state index contributed by atoms with van der Waals surface area (Å²) >= 11 is 0. The zero-order valence-electron chi connectivity index (χ0n) is 11.5. The highest BCUT2D eigenvalue weighted by molar-refractivity contribution is 6.08. The number of methoxy groups -OCH3 is 1. The first-order valence-electron chi connectivity index (χ1n) is 6.83. The van der Waals surface area contributed by atoms with Crippen molar-refractivity contribution in [2.75, 3.05) is 12.4 Å². The van der Waals surface area contributed by atoms with Gasteiger partial charge in [-0.1, -0.05) is 6.07 Å². The normalized spacial score (nSPS) is 29.2. The molecule has 19 heavy (non-hydrogen) atoms. The number of ether oxygens (including phenoxy) is 1.